The number of carboxylic acids is 1. The van der Waals surface area contributed by atoms with Crippen LogP contribution in [0.5, 0.6) is 0 Å². The molecule has 0 saturated heterocycles. The topological polar surface area (TPSA) is 177 Å². The van der Waals surface area contributed by atoms with Crippen LogP contribution in [-0.2, 0) is 6.54 Å². The van der Waals surface area contributed by atoms with Crippen LogP contribution in [0.15, 0.2) is 64.6 Å². The molecule has 0 radical (unpaired) electrons. The minimum atomic E-state index is -1.14. The normalized spacial score (nSPS) is 10.8. The molecule has 0 aliphatic heterocycles. The fourth-order valence-electron chi connectivity index (χ4n) is 3.29. The fourth-order valence-corrected chi connectivity index (χ4v) is 4.18. The van der Waals surface area contributed by atoms with Crippen LogP contribution in [0.25, 0.3) is 10.9 Å². The second kappa shape index (κ2) is 9.01. The summed E-state index contributed by atoms with van der Waals surface area (Å²) in [5, 5.41) is 13.2. The second-order valence-electron chi connectivity index (χ2n) is 6.92. The van der Waals surface area contributed by atoms with Gasteiger partial charge in [-0.25, -0.2) is 14.8 Å². The number of aromatic carboxylic acids is 1. The van der Waals surface area contributed by atoms with E-state index in [1.807, 2.05) is 0 Å². The number of nitrogen functional groups attached to an aromatic ring is 1. The SMILES string of the molecule is NC(=O)c1ccccc1Sc1cnc(N)c(C(=O)NCc2c(C(=O)O)[nH]c3ccccc23)n1. The number of carbonyl (C=O) groups is 3. The number of aromatic nitrogens is 3. The van der Waals surface area contributed by atoms with Gasteiger partial charge in [-0.2, -0.15) is 0 Å². The van der Waals surface area contributed by atoms with E-state index < -0.39 is 17.8 Å². The predicted molar refractivity (Wildman–Crippen MR) is 122 cm³/mol. The summed E-state index contributed by atoms with van der Waals surface area (Å²) >= 11 is 1.11. The lowest BCUT2D eigenvalue weighted by molar-refractivity contribution is 0.0688. The first-order valence-electron chi connectivity index (χ1n) is 9.65. The number of para-hydroxylation sites is 1. The zero-order valence-electron chi connectivity index (χ0n) is 17.0. The molecule has 4 aromatic rings. The molecule has 0 spiro atoms. The third-order valence-electron chi connectivity index (χ3n) is 4.81. The molecule has 0 saturated carbocycles. The van der Waals surface area contributed by atoms with Crippen molar-refractivity contribution in [2.45, 2.75) is 16.5 Å². The van der Waals surface area contributed by atoms with Crippen LogP contribution >= 0.6 is 11.8 Å². The van der Waals surface area contributed by atoms with E-state index in [0.29, 0.717) is 32.0 Å². The Morgan fingerprint density at radius 3 is 2.58 bits per heavy atom. The highest BCUT2D eigenvalue weighted by atomic mass is 32.2. The molecule has 0 aliphatic rings. The summed E-state index contributed by atoms with van der Waals surface area (Å²) in [4.78, 5) is 47.8. The summed E-state index contributed by atoms with van der Waals surface area (Å²) in [5.74, 6) is -2.43. The van der Waals surface area contributed by atoms with Gasteiger partial charge in [0.1, 0.15) is 10.7 Å². The average molecular weight is 462 g/mol. The molecule has 2 amide bonds. The summed E-state index contributed by atoms with van der Waals surface area (Å²) in [7, 11) is 0. The van der Waals surface area contributed by atoms with E-state index in [0.717, 1.165) is 11.8 Å². The molecular weight excluding hydrogens is 444 g/mol. The molecule has 2 aromatic carbocycles. The molecule has 4 rings (SSSR count). The van der Waals surface area contributed by atoms with Crippen molar-refractivity contribution in [3.05, 3.63) is 77.2 Å². The molecule has 10 nitrogen and oxygen atoms in total. The summed E-state index contributed by atoms with van der Waals surface area (Å²) in [6, 6.07) is 13.8. The number of carbonyl (C=O) groups excluding carboxylic acids is 2. The van der Waals surface area contributed by atoms with E-state index in [-0.39, 0.29) is 23.8 Å². The first kappa shape index (κ1) is 21.8. The number of carboxylic acid groups (broad SMARTS) is 1. The Labute approximate surface area is 191 Å². The van der Waals surface area contributed by atoms with Gasteiger partial charge < -0.3 is 26.9 Å². The molecule has 11 heteroatoms. The molecule has 7 N–H and O–H groups in total. The van der Waals surface area contributed by atoms with Gasteiger partial charge in [0.2, 0.25) is 5.91 Å². The van der Waals surface area contributed by atoms with Crippen molar-refractivity contribution >= 4 is 46.3 Å². The number of hydrogen-bond donors (Lipinski definition) is 5. The number of aromatic amines is 1. The first-order valence-corrected chi connectivity index (χ1v) is 10.5. The van der Waals surface area contributed by atoms with Gasteiger partial charge >= 0.3 is 5.97 Å². The van der Waals surface area contributed by atoms with Gasteiger partial charge in [0, 0.05) is 27.9 Å². The Hall–Kier alpha value is -4.38. The molecule has 33 heavy (non-hydrogen) atoms. The van der Waals surface area contributed by atoms with Gasteiger partial charge in [-0.1, -0.05) is 42.1 Å². The highest BCUT2D eigenvalue weighted by molar-refractivity contribution is 7.99. The van der Waals surface area contributed by atoms with E-state index in [1.165, 1.54) is 6.20 Å². The number of nitrogens with two attached hydrogens (primary N) is 2. The smallest absolute Gasteiger partial charge is 0.352 e. The maximum atomic E-state index is 12.8. The molecular formula is C22H18N6O4S. The number of rotatable bonds is 7. The number of hydrogen-bond acceptors (Lipinski definition) is 7. The average Bonchev–Trinajstić information content (AvgIpc) is 3.18. The predicted octanol–water partition coefficient (Wildman–Crippen LogP) is 2.42. The quantitative estimate of drug-likeness (QED) is 0.278. The Morgan fingerprint density at radius 2 is 1.82 bits per heavy atom. The fraction of sp³-hybridized carbons (Fsp3) is 0.0455. The zero-order chi connectivity index (χ0) is 23.5. The standard InChI is InChI=1S/C22H18N6O4S/c23-19-18(28-16(10-25-19)33-15-8-4-2-6-12(15)20(24)29)21(30)26-9-13-11-5-1-3-7-14(11)27-17(13)22(31)32/h1-8,10,27H,9H2,(H2,23,25)(H2,24,29)(H,26,30)(H,31,32). The van der Waals surface area contributed by atoms with Crippen molar-refractivity contribution in [3.8, 4) is 0 Å². The Bertz CT molecular complexity index is 1400. The van der Waals surface area contributed by atoms with Crippen molar-refractivity contribution in [2.75, 3.05) is 5.73 Å². The van der Waals surface area contributed by atoms with E-state index in [1.54, 1.807) is 48.5 Å². The van der Waals surface area contributed by atoms with Gasteiger partial charge in [0.05, 0.1) is 11.8 Å². The highest BCUT2D eigenvalue weighted by Crippen LogP contribution is 2.29. The third kappa shape index (κ3) is 4.48. The number of nitrogens with zero attached hydrogens (tertiary/aromatic N) is 2. The van der Waals surface area contributed by atoms with Crippen LogP contribution < -0.4 is 16.8 Å². The minimum absolute atomic E-state index is 0.0112. The number of H-pyrrole nitrogens is 1. The maximum absolute atomic E-state index is 12.8. The lowest BCUT2D eigenvalue weighted by Gasteiger charge is -2.09. The molecule has 166 valence electrons. The van der Waals surface area contributed by atoms with Crippen LogP contribution in [0.2, 0.25) is 0 Å². The van der Waals surface area contributed by atoms with Gasteiger partial charge in [-0.3, -0.25) is 9.59 Å². The van der Waals surface area contributed by atoms with E-state index in [2.05, 4.69) is 20.3 Å². The van der Waals surface area contributed by atoms with Crippen LogP contribution in [0.3, 0.4) is 0 Å². The highest BCUT2D eigenvalue weighted by Gasteiger charge is 2.20. The second-order valence-corrected chi connectivity index (χ2v) is 7.98. The van der Waals surface area contributed by atoms with Crippen molar-refractivity contribution in [1.29, 1.82) is 0 Å². The number of primary amides is 1. The third-order valence-corrected chi connectivity index (χ3v) is 5.80. The minimum Gasteiger partial charge on any atom is -0.477 e. The van der Waals surface area contributed by atoms with E-state index in [9.17, 15) is 19.5 Å². The summed E-state index contributed by atoms with van der Waals surface area (Å²) in [6.07, 6.45) is 1.39. The lowest BCUT2D eigenvalue weighted by atomic mass is 10.1. The summed E-state index contributed by atoms with van der Waals surface area (Å²) in [5.41, 5.74) is 12.5. The molecule has 0 aliphatic carbocycles. The van der Waals surface area contributed by atoms with Crippen molar-refractivity contribution in [1.82, 2.24) is 20.3 Å². The lowest BCUT2D eigenvalue weighted by Crippen LogP contribution is -2.26. The Morgan fingerprint density at radius 1 is 1.09 bits per heavy atom. The van der Waals surface area contributed by atoms with Crippen LogP contribution in [0, 0.1) is 0 Å². The molecule has 2 heterocycles. The number of amides is 2. The zero-order valence-corrected chi connectivity index (χ0v) is 17.8. The number of fused-ring (bicyclic) bond motifs is 1. The monoisotopic (exact) mass is 462 g/mol. The first-order chi connectivity index (χ1) is 15.8. The van der Waals surface area contributed by atoms with Crippen LogP contribution in [0.4, 0.5) is 5.82 Å². The van der Waals surface area contributed by atoms with E-state index in [4.69, 9.17) is 11.5 Å². The Kier molecular flexibility index (Phi) is 5.96. The molecule has 0 fully saturated rings. The molecule has 0 bridgehead atoms. The number of nitrogens with one attached hydrogen (secondary N) is 2. The summed E-state index contributed by atoms with van der Waals surface area (Å²) < 4.78 is 0. The van der Waals surface area contributed by atoms with Crippen LogP contribution in [-0.4, -0.2) is 37.8 Å². The van der Waals surface area contributed by atoms with Crippen LogP contribution in [0.1, 0.15) is 36.9 Å². The number of benzene rings is 2. The van der Waals surface area contributed by atoms with Gasteiger partial charge in [-0.05, 0) is 18.2 Å². The van der Waals surface area contributed by atoms with Crippen molar-refractivity contribution < 1.29 is 19.5 Å². The van der Waals surface area contributed by atoms with Gasteiger partial charge in [0.25, 0.3) is 5.91 Å². The largest absolute Gasteiger partial charge is 0.477 e. The van der Waals surface area contributed by atoms with Gasteiger partial charge in [-0.15, -0.1) is 0 Å². The van der Waals surface area contributed by atoms with E-state index >= 15 is 0 Å². The Balaban J connectivity index is 1.58. The van der Waals surface area contributed by atoms with Crippen molar-refractivity contribution in [3.63, 3.8) is 0 Å². The van der Waals surface area contributed by atoms with Gasteiger partial charge in [0.15, 0.2) is 11.5 Å². The van der Waals surface area contributed by atoms with Crippen molar-refractivity contribution in [2.24, 2.45) is 5.73 Å². The number of anilines is 1. The molecule has 0 unspecified atom stereocenters. The maximum Gasteiger partial charge on any atom is 0.352 e. The molecule has 2 aromatic heterocycles. The summed E-state index contributed by atoms with van der Waals surface area (Å²) in [6.45, 7) is -0.0620. The molecule has 0 atom stereocenters.